The number of anilines is 1. The van der Waals surface area contributed by atoms with Gasteiger partial charge in [0.1, 0.15) is 6.04 Å². The zero-order chi connectivity index (χ0) is 15.3. The highest BCUT2D eigenvalue weighted by atomic mass is 79.9. The lowest BCUT2D eigenvalue weighted by atomic mass is 10.1. The summed E-state index contributed by atoms with van der Waals surface area (Å²) in [6, 6.07) is 2.02. The molecule has 106 valence electrons. The lowest BCUT2D eigenvalue weighted by Crippen LogP contribution is -2.42. The van der Waals surface area contributed by atoms with Crippen LogP contribution in [0.4, 0.5) is 10.5 Å². The Morgan fingerprint density at radius 3 is 2.40 bits per heavy atom. The maximum atomic E-state index is 11.8. The SMILES string of the molecule is C#CCC(NC(=O)Nc1c(C)cc(Br)cc1C)C(=O)O. The second-order valence-electron chi connectivity index (χ2n) is 4.31. The first-order valence-corrected chi connectivity index (χ1v) is 6.65. The van der Waals surface area contributed by atoms with Crippen LogP contribution in [0.2, 0.25) is 0 Å². The first-order chi connectivity index (χ1) is 9.35. The van der Waals surface area contributed by atoms with Gasteiger partial charge in [-0.25, -0.2) is 9.59 Å². The Labute approximate surface area is 125 Å². The fourth-order valence-electron chi connectivity index (χ4n) is 1.73. The van der Waals surface area contributed by atoms with Crippen LogP contribution in [0.15, 0.2) is 16.6 Å². The lowest BCUT2D eigenvalue weighted by Gasteiger charge is -2.16. The highest BCUT2D eigenvalue weighted by Gasteiger charge is 2.19. The fourth-order valence-corrected chi connectivity index (χ4v) is 2.42. The zero-order valence-corrected chi connectivity index (χ0v) is 12.7. The quantitative estimate of drug-likeness (QED) is 0.738. The van der Waals surface area contributed by atoms with E-state index in [2.05, 4.69) is 32.5 Å². The maximum absolute atomic E-state index is 11.8. The minimum Gasteiger partial charge on any atom is -0.480 e. The van der Waals surface area contributed by atoms with Crippen molar-refractivity contribution in [2.45, 2.75) is 26.3 Å². The van der Waals surface area contributed by atoms with Crippen LogP contribution in [0.25, 0.3) is 0 Å². The molecular formula is C14H15BrN2O3. The Morgan fingerprint density at radius 1 is 1.40 bits per heavy atom. The number of hydrogen-bond acceptors (Lipinski definition) is 2. The molecule has 1 aromatic carbocycles. The molecule has 0 spiro atoms. The van der Waals surface area contributed by atoms with E-state index in [-0.39, 0.29) is 6.42 Å². The maximum Gasteiger partial charge on any atom is 0.327 e. The van der Waals surface area contributed by atoms with E-state index >= 15 is 0 Å². The molecule has 0 aliphatic heterocycles. The van der Waals surface area contributed by atoms with Gasteiger partial charge < -0.3 is 15.7 Å². The molecule has 2 amide bonds. The average molecular weight is 339 g/mol. The number of halogens is 1. The number of benzene rings is 1. The summed E-state index contributed by atoms with van der Waals surface area (Å²) >= 11 is 3.37. The molecular weight excluding hydrogens is 324 g/mol. The molecule has 0 bridgehead atoms. The highest BCUT2D eigenvalue weighted by Crippen LogP contribution is 2.24. The zero-order valence-electron chi connectivity index (χ0n) is 11.2. The van der Waals surface area contributed by atoms with Crippen molar-refractivity contribution in [1.29, 1.82) is 0 Å². The molecule has 0 radical (unpaired) electrons. The predicted octanol–water partition coefficient (Wildman–Crippen LogP) is 2.66. The van der Waals surface area contributed by atoms with E-state index in [0.29, 0.717) is 5.69 Å². The van der Waals surface area contributed by atoms with Gasteiger partial charge in [0, 0.05) is 16.6 Å². The van der Waals surface area contributed by atoms with Gasteiger partial charge >= 0.3 is 12.0 Å². The fraction of sp³-hybridized carbons (Fsp3) is 0.286. The molecule has 6 heteroatoms. The van der Waals surface area contributed by atoms with E-state index in [0.717, 1.165) is 15.6 Å². The van der Waals surface area contributed by atoms with Crippen LogP contribution in [0.3, 0.4) is 0 Å². The van der Waals surface area contributed by atoms with Crippen LogP contribution < -0.4 is 10.6 Å². The topological polar surface area (TPSA) is 78.4 Å². The summed E-state index contributed by atoms with van der Waals surface area (Å²) in [7, 11) is 0. The number of urea groups is 1. The summed E-state index contributed by atoms with van der Waals surface area (Å²) in [5.74, 6) is 1.05. The molecule has 0 aliphatic carbocycles. The number of aliphatic carboxylic acids is 1. The van der Waals surface area contributed by atoms with Crippen molar-refractivity contribution in [1.82, 2.24) is 5.32 Å². The van der Waals surface area contributed by atoms with Crippen LogP contribution in [0.5, 0.6) is 0 Å². The first-order valence-electron chi connectivity index (χ1n) is 5.85. The lowest BCUT2D eigenvalue weighted by molar-refractivity contribution is -0.139. The number of rotatable bonds is 4. The third-order valence-corrected chi connectivity index (χ3v) is 3.12. The molecule has 0 heterocycles. The number of carboxylic acids is 1. The van der Waals surface area contributed by atoms with Crippen molar-refractivity contribution in [3.05, 3.63) is 27.7 Å². The molecule has 0 fully saturated rings. The van der Waals surface area contributed by atoms with Crippen LogP contribution in [0.1, 0.15) is 17.5 Å². The van der Waals surface area contributed by atoms with Crippen molar-refractivity contribution < 1.29 is 14.7 Å². The van der Waals surface area contributed by atoms with E-state index < -0.39 is 18.0 Å². The van der Waals surface area contributed by atoms with Crippen molar-refractivity contribution in [2.24, 2.45) is 0 Å². The molecule has 0 aromatic heterocycles. The van der Waals surface area contributed by atoms with E-state index in [4.69, 9.17) is 11.5 Å². The standard InChI is InChI=1S/C14H15BrN2O3/c1-4-5-11(13(18)19)16-14(20)17-12-8(2)6-10(15)7-9(12)3/h1,6-7,11H,5H2,2-3H3,(H,18,19)(H2,16,17,20). The third-order valence-electron chi connectivity index (χ3n) is 2.66. The van der Waals surface area contributed by atoms with Gasteiger partial charge in [0.15, 0.2) is 0 Å². The van der Waals surface area contributed by atoms with Gasteiger partial charge in [-0.15, -0.1) is 12.3 Å². The molecule has 1 unspecified atom stereocenters. The Kier molecular flexibility index (Phi) is 5.59. The molecule has 5 nitrogen and oxygen atoms in total. The van der Waals surface area contributed by atoms with Crippen LogP contribution >= 0.6 is 15.9 Å². The normalized spacial score (nSPS) is 11.3. The number of nitrogens with one attached hydrogen (secondary N) is 2. The van der Waals surface area contributed by atoms with Gasteiger partial charge in [-0.2, -0.15) is 0 Å². The summed E-state index contributed by atoms with van der Waals surface area (Å²) in [5.41, 5.74) is 2.39. The van der Waals surface area contributed by atoms with Crippen LogP contribution in [-0.4, -0.2) is 23.1 Å². The second kappa shape index (κ2) is 6.96. The van der Waals surface area contributed by atoms with Crippen LogP contribution in [-0.2, 0) is 4.79 Å². The molecule has 0 saturated heterocycles. The smallest absolute Gasteiger partial charge is 0.327 e. The van der Waals surface area contributed by atoms with E-state index in [1.165, 1.54) is 0 Å². The first kappa shape index (κ1) is 16.1. The molecule has 20 heavy (non-hydrogen) atoms. The van der Waals surface area contributed by atoms with E-state index in [1.807, 2.05) is 26.0 Å². The van der Waals surface area contributed by atoms with Gasteiger partial charge in [0.25, 0.3) is 0 Å². The monoisotopic (exact) mass is 338 g/mol. The summed E-state index contributed by atoms with van der Waals surface area (Å²) in [6.45, 7) is 3.70. The minimum atomic E-state index is -1.16. The number of carbonyl (C=O) groups is 2. The van der Waals surface area contributed by atoms with Crippen molar-refractivity contribution in [3.63, 3.8) is 0 Å². The van der Waals surface area contributed by atoms with Crippen LogP contribution in [0, 0.1) is 26.2 Å². The summed E-state index contributed by atoms with van der Waals surface area (Å²) in [6.07, 6.45) is 5.00. The van der Waals surface area contributed by atoms with Gasteiger partial charge in [0.2, 0.25) is 0 Å². The second-order valence-corrected chi connectivity index (χ2v) is 5.23. The van der Waals surface area contributed by atoms with Gasteiger partial charge in [-0.1, -0.05) is 15.9 Å². The van der Waals surface area contributed by atoms with Gasteiger partial charge in [0.05, 0.1) is 0 Å². The minimum absolute atomic E-state index is 0.0684. The Hall–Kier alpha value is -2.00. The number of aryl methyl sites for hydroxylation is 2. The Bertz CT molecular complexity index is 555. The Balaban J connectivity index is 2.81. The Morgan fingerprint density at radius 2 is 1.95 bits per heavy atom. The summed E-state index contributed by atoms with van der Waals surface area (Å²) < 4.78 is 0.911. The molecule has 1 aromatic rings. The molecule has 1 rings (SSSR count). The average Bonchev–Trinajstić information content (AvgIpc) is 2.33. The predicted molar refractivity (Wildman–Crippen MR) is 80.6 cm³/mol. The van der Waals surface area contributed by atoms with E-state index in [1.54, 1.807) is 0 Å². The summed E-state index contributed by atoms with van der Waals surface area (Å²) in [5, 5.41) is 13.9. The van der Waals surface area contributed by atoms with Crippen molar-refractivity contribution in [2.75, 3.05) is 5.32 Å². The van der Waals surface area contributed by atoms with Crippen molar-refractivity contribution >= 4 is 33.6 Å². The highest BCUT2D eigenvalue weighted by molar-refractivity contribution is 9.10. The summed E-state index contributed by atoms with van der Waals surface area (Å²) in [4.78, 5) is 22.7. The van der Waals surface area contributed by atoms with Gasteiger partial charge in [-0.3, -0.25) is 0 Å². The van der Waals surface area contributed by atoms with Crippen molar-refractivity contribution in [3.8, 4) is 12.3 Å². The number of carbonyl (C=O) groups excluding carboxylic acids is 1. The largest absolute Gasteiger partial charge is 0.480 e. The van der Waals surface area contributed by atoms with E-state index in [9.17, 15) is 9.59 Å². The third kappa shape index (κ3) is 4.28. The number of carboxylic acid groups (broad SMARTS) is 1. The molecule has 1 atom stereocenters. The molecule has 0 saturated carbocycles. The molecule has 3 N–H and O–H groups in total. The molecule has 0 aliphatic rings. The number of hydrogen-bond donors (Lipinski definition) is 3. The number of terminal acetylenes is 1. The van der Waals surface area contributed by atoms with Gasteiger partial charge in [-0.05, 0) is 37.1 Å². The number of amides is 2.